The minimum Gasteiger partial charge on any atom is -0.369 e. The second kappa shape index (κ2) is 14.7. The van der Waals surface area contributed by atoms with E-state index in [-0.39, 0.29) is 5.91 Å². The van der Waals surface area contributed by atoms with Gasteiger partial charge in [-0.2, -0.15) is 0 Å². The Morgan fingerprint density at radius 3 is 1.61 bits per heavy atom. The monoisotopic (exact) mass is 579 g/mol. The van der Waals surface area contributed by atoms with Crippen LogP contribution in [0.4, 0.5) is 5.69 Å². The van der Waals surface area contributed by atoms with Crippen molar-refractivity contribution in [2.75, 3.05) is 37.6 Å². The van der Waals surface area contributed by atoms with Gasteiger partial charge in [0.05, 0.1) is 0 Å². The highest BCUT2D eigenvalue weighted by Crippen LogP contribution is 2.29. The molecule has 0 radical (unpaired) electrons. The maximum atomic E-state index is 13.9. The second-order valence-corrected chi connectivity index (χ2v) is 11.7. The summed E-state index contributed by atoms with van der Waals surface area (Å²) in [6.07, 6.45) is 1.09. The van der Waals surface area contributed by atoms with Gasteiger partial charge in [-0.15, -0.1) is 0 Å². The van der Waals surface area contributed by atoms with E-state index in [1.54, 1.807) is 0 Å². The van der Waals surface area contributed by atoms with E-state index in [0.717, 1.165) is 61.5 Å². The second-order valence-electron chi connectivity index (χ2n) is 11.7. The minimum absolute atomic E-state index is 0.0612. The summed E-state index contributed by atoms with van der Waals surface area (Å²) in [5.74, 6) is 0.457. The molecule has 4 heteroatoms. The number of benzene rings is 5. The van der Waals surface area contributed by atoms with Gasteiger partial charge in [0.15, 0.2) is 0 Å². The van der Waals surface area contributed by atoms with Gasteiger partial charge in [0, 0.05) is 56.4 Å². The maximum absolute atomic E-state index is 13.9. The van der Waals surface area contributed by atoms with Crippen molar-refractivity contribution in [3.05, 3.63) is 173 Å². The molecule has 1 amide bonds. The first kappa shape index (κ1) is 29.4. The molecule has 0 aromatic heterocycles. The zero-order valence-electron chi connectivity index (χ0n) is 25.3. The van der Waals surface area contributed by atoms with Crippen LogP contribution in [0.25, 0.3) is 0 Å². The van der Waals surface area contributed by atoms with Crippen molar-refractivity contribution >= 4 is 11.6 Å². The van der Waals surface area contributed by atoms with Gasteiger partial charge < -0.3 is 9.80 Å². The third-order valence-electron chi connectivity index (χ3n) is 8.69. The van der Waals surface area contributed by atoms with E-state index in [9.17, 15) is 4.79 Å². The summed E-state index contributed by atoms with van der Waals surface area (Å²) >= 11 is 0. The van der Waals surface area contributed by atoms with Gasteiger partial charge in [0.1, 0.15) is 0 Å². The Labute approximate surface area is 262 Å². The molecule has 1 heterocycles. The number of nitrogens with zero attached hydrogens (tertiary/aromatic N) is 3. The van der Waals surface area contributed by atoms with Gasteiger partial charge in [-0.25, -0.2) is 0 Å². The van der Waals surface area contributed by atoms with Crippen LogP contribution in [-0.2, 0) is 13.1 Å². The first-order chi connectivity index (χ1) is 21.7. The Morgan fingerprint density at radius 2 is 1.09 bits per heavy atom. The lowest BCUT2D eigenvalue weighted by Gasteiger charge is -2.37. The van der Waals surface area contributed by atoms with Gasteiger partial charge in [0.25, 0.3) is 5.91 Å². The summed E-state index contributed by atoms with van der Waals surface area (Å²) in [5.41, 5.74) is 6.89. The molecule has 0 spiro atoms. The van der Waals surface area contributed by atoms with E-state index >= 15 is 0 Å². The van der Waals surface area contributed by atoms with E-state index in [0.29, 0.717) is 19.0 Å². The number of carbonyl (C=O) groups is 1. The average Bonchev–Trinajstić information content (AvgIpc) is 3.10. The quantitative estimate of drug-likeness (QED) is 0.159. The van der Waals surface area contributed by atoms with Crippen LogP contribution in [0.5, 0.6) is 0 Å². The van der Waals surface area contributed by atoms with E-state index in [4.69, 9.17) is 0 Å². The summed E-state index contributed by atoms with van der Waals surface area (Å²) in [6, 6.07) is 50.5. The Kier molecular flexibility index (Phi) is 9.81. The number of amides is 1. The molecule has 1 fully saturated rings. The Hall–Kier alpha value is -4.67. The number of carbonyl (C=O) groups excluding carboxylic acids is 1. The van der Waals surface area contributed by atoms with Gasteiger partial charge in [-0.1, -0.05) is 127 Å². The number of rotatable bonds is 11. The lowest BCUT2D eigenvalue weighted by Crippen LogP contribution is -2.46. The fourth-order valence-electron chi connectivity index (χ4n) is 6.26. The molecule has 0 bridgehead atoms. The number of hydrogen-bond donors (Lipinski definition) is 0. The molecule has 222 valence electrons. The van der Waals surface area contributed by atoms with Crippen molar-refractivity contribution in [3.8, 4) is 0 Å². The van der Waals surface area contributed by atoms with Gasteiger partial charge in [-0.05, 0) is 53.4 Å². The van der Waals surface area contributed by atoms with Crippen molar-refractivity contribution in [2.24, 2.45) is 0 Å². The zero-order valence-corrected chi connectivity index (χ0v) is 25.3. The summed E-state index contributed by atoms with van der Waals surface area (Å²) < 4.78 is 0. The van der Waals surface area contributed by atoms with E-state index < -0.39 is 0 Å². The normalized spacial score (nSPS) is 13.6. The fraction of sp³-hybridized carbons (Fsp3) is 0.225. The van der Waals surface area contributed by atoms with Crippen LogP contribution < -0.4 is 4.90 Å². The van der Waals surface area contributed by atoms with Crippen LogP contribution >= 0.6 is 0 Å². The molecule has 0 aliphatic carbocycles. The van der Waals surface area contributed by atoms with Crippen molar-refractivity contribution in [2.45, 2.75) is 25.4 Å². The van der Waals surface area contributed by atoms with Crippen molar-refractivity contribution in [1.29, 1.82) is 0 Å². The molecule has 0 atom stereocenters. The SMILES string of the molecule is O=C(c1cccc(N2CCN(CCC(c3ccccc3)c3ccccc3)CC2)c1)N(Cc1ccccc1)Cc1ccccc1. The van der Waals surface area contributed by atoms with Crippen LogP contribution in [0.3, 0.4) is 0 Å². The molecule has 44 heavy (non-hydrogen) atoms. The molecule has 5 aromatic carbocycles. The molecule has 4 nitrogen and oxygen atoms in total. The van der Waals surface area contributed by atoms with Crippen LogP contribution in [0.15, 0.2) is 146 Å². The predicted octanol–water partition coefficient (Wildman–Crippen LogP) is 7.87. The van der Waals surface area contributed by atoms with Crippen LogP contribution in [0.2, 0.25) is 0 Å². The van der Waals surface area contributed by atoms with Crippen molar-refractivity contribution in [3.63, 3.8) is 0 Å². The van der Waals surface area contributed by atoms with Crippen LogP contribution in [-0.4, -0.2) is 48.4 Å². The van der Waals surface area contributed by atoms with Gasteiger partial charge >= 0.3 is 0 Å². The standard InChI is InChI=1S/C40H41N3O/c44-40(43(31-33-14-5-1-6-15-33)32-34-16-7-2-8-17-34)37-22-13-23-38(30-37)42-28-26-41(27-29-42)25-24-39(35-18-9-3-10-19-35)36-20-11-4-12-21-36/h1-23,30,39H,24-29,31-32H2. The molecule has 0 N–H and O–H groups in total. The highest BCUT2D eigenvalue weighted by molar-refractivity contribution is 5.95. The minimum atomic E-state index is 0.0612. The number of anilines is 1. The molecular weight excluding hydrogens is 538 g/mol. The van der Waals surface area contributed by atoms with Crippen LogP contribution in [0, 0.1) is 0 Å². The predicted molar refractivity (Wildman–Crippen MR) is 181 cm³/mol. The smallest absolute Gasteiger partial charge is 0.254 e. The molecule has 5 aromatic rings. The first-order valence-electron chi connectivity index (χ1n) is 15.8. The van der Waals surface area contributed by atoms with Crippen molar-refractivity contribution < 1.29 is 4.79 Å². The third-order valence-corrected chi connectivity index (χ3v) is 8.69. The molecule has 0 saturated carbocycles. The lowest BCUT2D eigenvalue weighted by molar-refractivity contribution is 0.0730. The molecule has 1 aliphatic rings. The average molecular weight is 580 g/mol. The first-order valence-corrected chi connectivity index (χ1v) is 15.8. The molecule has 6 rings (SSSR count). The number of piperazine rings is 1. The van der Waals surface area contributed by atoms with E-state index in [2.05, 4.69) is 107 Å². The topological polar surface area (TPSA) is 26.8 Å². The van der Waals surface area contributed by atoms with Crippen LogP contribution in [0.1, 0.15) is 45.0 Å². The van der Waals surface area contributed by atoms with E-state index in [1.807, 2.05) is 53.4 Å². The van der Waals surface area contributed by atoms with Gasteiger partial charge in [0.2, 0.25) is 0 Å². The Bertz CT molecular complexity index is 1500. The number of hydrogen-bond acceptors (Lipinski definition) is 3. The highest BCUT2D eigenvalue weighted by atomic mass is 16.2. The summed E-state index contributed by atoms with van der Waals surface area (Å²) in [6.45, 7) is 6.16. The maximum Gasteiger partial charge on any atom is 0.254 e. The molecule has 0 unspecified atom stereocenters. The molecule has 1 aliphatic heterocycles. The third kappa shape index (κ3) is 7.64. The van der Waals surface area contributed by atoms with E-state index in [1.165, 1.54) is 11.1 Å². The summed E-state index contributed by atoms with van der Waals surface area (Å²) in [7, 11) is 0. The Balaban J connectivity index is 1.10. The lowest BCUT2D eigenvalue weighted by atomic mass is 9.88. The summed E-state index contributed by atoms with van der Waals surface area (Å²) in [4.78, 5) is 20.9. The zero-order chi connectivity index (χ0) is 30.0. The molecule has 1 saturated heterocycles. The fourth-order valence-corrected chi connectivity index (χ4v) is 6.26. The van der Waals surface area contributed by atoms with Crippen molar-refractivity contribution in [1.82, 2.24) is 9.80 Å². The Morgan fingerprint density at radius 1 is 0.591 bits per heavy atom. The summed E-state index contributed by atoms with van der Waals surface area (Å²) in [5, 5.41) is 0. The largest absolute Gasteiger partial charge is 0.369 e. The van der Waals surface area contributed by atoms with Gasteiger partial charge in [-0.3, -0.25) is 9.69 Å². The molecular formula is C40H41N3O. The highest BCUT2D eigenvalue weighted by Gasteiger charge is 2.22.